The van der Waals surface area contributed by atoms with E-state index in [-0.39, 0.29) is 6.10 Å². The molecule has 0 amide bonds. The minimum atomic E-state index is -3.37. The van der Waals surface area contributed by atoms with E-state index < -0.39 is 10.0 Å². The third-order valence-corrected chi connectivity index (χ3v) is 5.16. The fourth-order valence-electron chi connectivity index (χ4n) is 2.29. The van der Waals surface area contributed by atoms with Crippen molar-refractivity contribution in [2.24, 2.45) is 0 Å². The van der Waals surface area contributed by atoms with Crippen LogP contribution in [0.5, 0.6) is 0 Å². The van der Waals surface area contributed by atoms with Crippen molar-refractivity contribution >= 4 is 10.0 Å². The van der Waals surface area contributed by atoms with E-state index in [0.29, 0.717) is 24.6 Å². The van der Waals surface area contributed by atoms with Crippen LogP contribution in [0.2, 0.25) is 0 Å². The number of piperidine rings is 1. The molecule has 1 heterocycles. The highest BCUT2D eigenvalue weighted by atomic mass is 32.2. The van der Waals surface area contributed by atoms with Crippen LogP contribution < -0.4 is 0 Å². The minimum absolute atomic E-state index is 0.0344. The van der Waals surface area contributed by atoms with Crippen molar-refractivity contribution in [1.82, 2.24) is 4.31 Å². The number of rotatable bonds is 5. The zero-order valence-electron chi connectivity index (χ0n) is 11.3. The molecular weight excluding hydrogens is 262 g/mol. The van der Waals surface area contributed by atoms with Gasteiger partial charge in [0.1, 0.15) is 0 Å². The van der Waals surface area contributed by atoms with Crippen LogP contribution in [0, 0.1) is 0 Å². The highest BCUT2D eigenvalue weighted by Crippen LogP contribution is 2.21. The molecule has 0 saturated carbocycles. The molecule has 1 aromatic rings. The van der Waals surface area contributed by atoms with Crippen LogP contribution in [0.25, 0.3) is 0 Å². The van der Waals surface area contributed by atoms with E-state index in [9.17, 15) is 8.42 Å². The van der Waals surface area contributed by atoms with Gasteiger partial charge in [0.15, 0.2) is 0 Å². The average molecular weight is 283 g/mol. The topological polar surface area (TPSA) is 46.6 Å². The molecule has 0 aromatic heterocycles. The summed E-state index contributed by atoms with van der Waals surface area (Å²) in [7, 11) is -3.37. The number of ether oxygens (including phenoxy) is 1. The Morgan fingerprint density at radius 2 is 2.05 bits per heavy atom. The Hall–Kier alpha value is -0.910. The second-order valence-electron chi connectivity index (χ2n) is 4.81. The van der Waals surface area contributed by atoms with Gasteiger partial charge in [0, 0.05) is 19.7 Å². The van der Waals surface area contributed by atoms with E-state index in [1.54, 1.807) is 28.6 Å². The molecule has 0 radical (unpaired) electrons. The lowest BCUT2D eigenvalue weighted by atomic mass is 10.1. The van der Waals surface area contributed by atoms with Crippen molar-refractivity contribution in [2.45, 2.75) is 37.2 Å². The van der Waals surface area contributed by atoms with Gasteiger partial charge in [-0.1, -0.05) is 25.1 Å². The number of hydrogen-bond donors (Lipinski definition) is 0. The molecule has 0 aliphatic carbocycles. The third kappa shape index (κ3) is 3.55. The maximum atomic E-state index is 12.5. The summed E-state index contributed by atoms with van der Waals surface area (Å²) in [6, 6.07) is 8.61. The minimum Gasteiger partial charge on any atom is -0.377 e. The largest absolute Gasteiger partial charge is 0.377 e. The SMILES string of the molecule is CCCOC1CCCN(S(=O)(=O)c2ccccc2)C1. The van der Waals surface area contributed by atoms with E-state index in [4.69, 9.17) is 4.74 Å². The summed E-state index contributed by atoms with van der Waals surface area (Å²) in [5.74, 6) is 0. The lowest BCUT2D eigenvalue weighted by Crippen LogP contribution is -2.43. The van der Waals surface area contributed by atoms with Crippen LogP contribution in [-0.2, 0) is 14.8 Å². The summed E-state index contributed by atoms with van der Waals surface area (Å²) < 4.78 is 32.2. The van der Waals surface area contributed by atoms with Gasteiger partial charge in [-0.25, -0.2) is 8.42 Å². The average Bonchev–Trinajstić information content (AvgIpc) is 2.46. The molecular formula is C14H21NO3S. The van der Waals surface area contributed by atoms with Crippen molar-refractivity contribution < 1.29 is 13.2 Å². The molecule has 1 saturated heterocycles. The van der Waals surface area contributed by atoms with Crippen molar-refractivity contribution in [3.8, 4) is 0 Å². The molecule has 1 fully saturated rings. The second kappa shape index (κ2) is 6.50. The third-order valence-electron chi connectivity index (χ3n) is 3.28. The van der Waals surface area contributed by atoms with Crippen molar-refractivity contribution in [2.75, 3.05) is 19.7 Å². The molecule has 0 N–H and O–H groups in total. The fraction of sp³-hybridized carbons (Fsp3) is 0.571. The maximum Gasteiger partial charge on any atom is 0.243 e. The van der Waals surface area contributed by atoms with E-state index in [1.807, 2.05) is 6.07 Å². The Kier molecular flexibility index (Phi) is 4.96. The summed E-state index contributed by atoms with van der Waals surface area (Å²) in [5.41, 5.74) is 0. The van der Waals surface area contributed by atoms with Crippen molar-refractivity contribution in [3.05, 3.63) is 30.3 Å². The molecule has 1 aliphatic heterocycles. The van der Waals surface area contributed by atoms with E-state index in [0.717, 1.165) is 19.3 Å². The molecule has 5 heteroatoms. The lowest BCUT2D eigenvalue weighted by molar-refractivity contribution is 0.0193. The Morgan fingerprint density at radius 1 is 1.32 bits per heavy atom. The number of sulfonamides is 1. The van der Waals surface area contributed by atoms with Gasteiger partial charge in [0.25, 0.3) is 0 Å². The predicted octanol–water partition coefficient (Wildman–Crippen LogP) is 2.27. The van der Waals surface area contributed by atoms with Crippen LogP contribution in [0.1, 0.15) is 26.2 Å². The van der Waals surface area contributed by atoms with Crippen LogP contribution >= 0.6 is 0 Å². The standard InChI is InChI=1S/C14H21NO3S/c1-2-11-18-13-7-6-10-15(12-13)19(16,17)14-8-4-3-5-9-14/h3-5,8-9,13H,2,6-7,10-12H2,1H3. The first kappa shape index (κ1) is 14.5. The summed E-state index contributed by atoms with van der Waals surface area (Å²) in [4.78, 5) is 0.367. The molecule has 1 aliphatic rings. The zero-order chi connectivity index (χ0) is 13.7. The van der Waals surface area contributed by atoms with Crippen LogP contribution in [0.4, 0.5) is 0 Å². The number of nitrogens with zero attached hydrogens (tertiary/aromatic N) is 1. The molecule has 1 atom stereocenters. The summed E-state index contributed by atoms with van der Waals surface area (Å²) in [6.07, 6.45) is 2.80. The first-order valence-corrected chi connectivity index (χ1v) is 8.25. The predicted molar refractivity (Wildman–Crippen MR) is 74.5 cm³/mol. The lowest BCUT2D eigenvalue weighted by Gasteiger charge is -2.31. The first-order valence-electron chi connectivity index (χ1n) is 6.81. The van der Waals surface area contributed by atoms with E-state index in [1.165, 1.54) is 0 Å². The highest BCUT2D eigenvalue weighted by molar-refractivity contribution is 7.89. The van der Waals surface area contributed by atoms with Gasteiger partial charge in [-0.2, -0.15) is 4.31 Å². The molecule has 106 valence electrons. The van der Waals surface area contributed by atoms with Gasteiger partial charge in [-0.3, -0.25) is 0 Å². The maximum absolute atomic E-state index is 12.5. The molecule has 4 nitrogen and oxygen atoms in total. The monoisotopic (exact) mass is 283 g/mol. The Balaban J connectivity index is 2.08. The quantitative estimate of drug-likeness (QED) is 0.833. The van der Waals surface area contributed by atoms with Gasteiger partial charge >= 0.3 is 0 Å². The summed E-state index contributed by atoms with van der Waals surface area (Å²) in [6.45, 7) is 3.81. The Morgan fingerprint density at radius 3 is 2.74 bits per heavy atom. The summed E-state index contributed by atoms with van der Waals surface area (Å²) in [5, 5.41) is 0. The molecule has 2 rings (SSSR count). The van der Waals surface area contributed by atoms with Gasteiger partial charge < -0.3 is 4.74 Å². The van der Waals surface area contributed by atoms with Gasteiger partial charge in [0.05, 0.1) is 11.0 Å². The molecule has 0 bridgehead atoms. The molecule has 0 spiro atoms. The normalized spacial score (nSPS) is 21.4. The molecule has 1 unspecified atom stereocenters. The Bertz CT molecular complexity index is 487. The molecule has 19 heavy (non-hydrogen) atoms. The fourth-order valence-corrected chi connectivity index (χ4v) is 3.82. The second-order valence-corrected chi connectivity index (χ2v) is 6.75. The van der Waals surface area contributed by atoms with Crippen LogP contribution in [-0.4, -0.2) is 38.5 Å². The Labute approximate surface area is 115 Å². The zero-order valence-corrected chi connectivity index (χ0v) is 12.1. The van der Waals surface area contributed by atoms with E-state index >= 15 is 0 Å². The van der Waals surface area contributed by atoms with Crippen LogP contribution in [0.3, 0.4) is 0 Å². The summed E-state index contributed by atoms with van der Waals surface area (Å²) >= 11 is 0. The van der Waals surface area contributed by atoms with Crippen LogP contribution in [0.15, 0.2) is 35.2 Å². The number of benzene rings is 1. The molecule has 1 aromatic carbocycles. The van der Waals surface area contributed by atoms with Gasteiger partial charge in [-0.15, -0.1) is 0 Å². The van der Waals surface area contributed by atoms with Crippen molar-refractivity contribution in [3.63, 3.8) is 0 Å². The van der Waals surface area contributed by atoms with E-state index in [2.05, 4.69) is 6.92 Å². The van der Waals surface area contributed by atoms with Crippen molar-refractivity contribution in [1.29, 1.82) is 0 Å². The highest BCUT2D eigenvalue weighted by Gasteiger charge is 2.30. The first-order chi connectivity index (χ1) is 9.14. The van der Waals surface area contributed by atoms with Gasteiger partial charge in [-0.05, 0) is 31.4 Å². The smallest absolute Gasteiger partial charge is 0.243 e. The number of hydrogen-bond acceptors (Lipinski definition) is 3. The van der Waals surface area contributed by atoms with Gasteiger partial charge in [0.2, 0.25) is 10.0 Å².